The molecule has 0 aliphatic carbocycles. The van der Waals surface area contributed by atoms with Gasteiger partial charge >= 0.3 is 0 Å². The van der Waals surface area contributed by atoms with Crippen molar-refractivity contribution in [2.75, 3.05) is 0 Å². The van der Waals surface area contributed by atoms with Gasteiger partial charge < -0.3 is 0 Å². The molecule has 3 aromatic rings. The highest BCUT2D eigenvalue weighted by molar-refractivity contribution is 5.70. The Hall–Kier alpha value is -2.37. The average Bonchev–Trinajstić information content (AvgIpc) is 2.74. The molecule has 0 radical (unpaired) electrons. The number of fused-ring (bicyclic) bond motifs is 1. The Bertz CT molecular complexity index is 588. The maximum atomic E-state index is 4.17. The van der Waals surface area contributed by atoms with E-state index in [2.05, 4.69) is 24.9 Å². The van der Waals surface area contributed by atoms with E-state index in [1.807, 2.05) is 0 Å². The van der Waals surface area contributed by atoms with Gasteiger partial charge in [-0.25, -0.2) is 19.9 Å². The summed E-state index contributed by atoms with van der Waals surface area (Å²) in [5.41, 5.74) is 1.47. The summed E-state index contributed by atoms with van der Waals surface area (Å²) in [6.45, 7) is 0. The van der Waals surface area contributed by atoms with Crippen molar-refractivity contribution in [1.82, 2.24) is 29.5 Å². The summed E-state index contributed by atoms with van der Waals surface area (Å²) in [5.74, 6) is 0.693. The molecule has 0 amide bonds. The standard InChI is InChI=1S/C9H6N6/c1-2-12-8(4-10-1)15-6-14-7-3-11-5-13-9(7)15/h1-6H. The first-order valence-electron chi connectivity index (χ1n) is 4.34. The molecule has 0 aromatic carbocycles. The quantitative estimate of drug-likeness (QED) is 0.572. The number of aromatic nitrogens is 6. The van der Waals surface area contributed by atoms with Gasteiger partial charge in [-0.15, -0.1) is 0 Å². The molecule has 72 valence electrons. The highest BCUT2D eigenvalue weighted by Gasteiger charge is 2.05. The third-order valence-corrected chi connectivity index (χ3v) is 2.01. The van der Waals surface area contributed by atoms with Crippen LogP contribution < -0.4 is 0 Å². The van der Waals surface area contributed by atoms with E-state index < -0.39 is 0 Å². The molecule has 0 N–H and O–H groups in total. The van der Waals surface area contributed by atoms with Crippen LogP contribution in [-0.4, -0.2) is 29.5 Å². The van der Waals surface area contributed by atoms with Crippen LogP contribution in [0.5, 0.6) is 0 Å². The molecule has 6 nitrogen and oxygen atoms in total. The van der Waals surface area contributed by atoms with E-state index in [9.17, 15) is 0 Å². The van der Waals surface area contributed by atoms with E-state index in [1.54, 1.807) is 35.7 Å². The Morgan fingerprint density at radius 3 is 2.80 bits per heavy atom. The van der Waals surface area contributed by atoms with Crippen LogP contribution in [0.4, 0.5) is 0 Å². The molecule has 3 heterocycles. The summed E-state index contributed by atoms with van der Waals surface area (Å²) in [6.07, 6.45) is 9.71. The molecule has 0 saturated heterocycles. The molecule has 6 heteroatoms. The van der Waals surface area contributed by atoms with E-state index in [0.29, 0.717) is 5.82 Å². The van der Waals surface area contributed by atoms with Crippen LogP contribution in [0.1, 0.15) is 0 Å². The first kappa shape index (κ1) is 7.98. The van der Waals surface area contributed by atoms with Crippen LogP contribution in [0.3, 0.4) is 0 Å². The zero-order valence-corrected chi connectivity index (χ0v) is 7.65. The second kappa shape index (κ2) is 3.09. The Kier molecular flexibility index (Phi) is 1.64. The molecule has 0 spiro atoms. The van der Waals surface area contributed by atoms with Crippen LogP contribution in [0.2, 0.25) is 0 Å². The van der Waals surface area contributed by atoms with Gasteiger partial charge in [0.25, 0.3) is 0 Å². The van der Waals surface area contributed by atoms with E-state index in [1.165, 1.54) is 6.33 Å². The van der Waals surface area contributed by atoms with Gasteiger partial charge in [-0.3, -0.25) is 9.55 Å². The first-order valence-corrected chi connectivity index (χ1v) is 4.34. The van der Waals surface area contributed by atoms with Gasteiger partial charge in [0.05, 0.1) is 12.4 Å². The Labute approximate surface area is 84.7 Å². The zero-order chi connectivity index (χ0) is 10.1. The van der Waals surface area contributed by atoms with Gasteiger partial charge in [-0.05, 0) is 0 Å². The first-order chi connectivity index (χ1) is 7.45. The predicted molar refractivity (Wildman–Crippen MR) is 52.3 cm³/mol. The lowest BCUT2D eigenvalue weighted by atomic mass is 10.5. The fourth-order valence-corrected chi connectivity index (χ4v) is 1.35. The molecule has 0 atom stereocenters. The van der Waals surface area contributed by atoms with Gasteiger partial charge in [0.15, 0.2) is 11.5 Å². The molecule has 3 aromatic heterocycles. The molecule has 0 aliphatic rings. The predicted octanol–water partition coefficient (Wildman–Crippen LogP) is 0.605. The van der Waals surface area contributed by atoms with Gasteiger partial charge in [-0.2, -0.15) is 0 Å². The normalized spacial score (nSPS) is 10.7. The van der Waals surface area contributed by atoms with Crippen molar-refractivity contribution in [2.45, 2.75) is 0 Å². The van der Waals surface area contributed by atoms with E-state index in [-0.39, 0.29) is 0 Å². The topological polar surface area (TPSA) is 69.4 Å². The minimum absolute atomic E-state index is 0.693. The smallest absolute Gasteiger partial charge is 0.169 e. The molecular weight excluding hydrogens is 192 g/mol. The van der Waals surface area contributed by atoms with E-state index in [0.717, 1.165) is 11.2 Å². The third kappa shape index (κ3) is 1.23. The lowest BCUT2D eigenvalue weighted by Gasteiger charge is -1.99. The lowest BCUT2D eigenvalue weighted by molar-refractivity contribution is 0.979. The fraction of sp³-hybridized carbons (Fsp3) is 0. The number of imidazole rings is 1. The lowest BCUT2D eigenvalue weighted by Crippen LogP contribution is -1.97. The van der Waals surface area contributed by atoms with E-state index in [4.69, 9.17) is 0 Å². The minimum Gasteiger partial charge on any atom is -0.266 e. The summed E-state index contributed by atoms with van der Waals surface area (Å²) >= 11 is 0. The summed E-state index contributed by atoms with van der Waals surface area (Å²) in [4.78, 5) is 20.4. The van der Waals surface area contributed by atoms with Crippen LogP contribution in [0, 0.1) is 0 Å². The van der Waals surface area contributed by atoms with E-state index >= 15 is 0 Å². The summed E-state index contributed by atoms with van der Waals surface area (Å²) in [5, 5.41) is 0. The summed E-state index contributed by atoms with van der Waals surface area (Å²) in [7, 11) is 0. The second-order valence-electron chi connectivity index (χ2n) is 2.91. The largest absolute Gasteiger partial charge is 0.266 e. The molecule has 0 fully saturated rings. The van der Waals surface area contributed by atoms with Gasteiger partial charge in [-0.1, -0.05) is 0 Å². The van der Waals surface area contributed by atoms with Crippen molar-refractivity contribution in [3.63, 3.8) is 0 Å². The van der Waals surface area contributed by atoms with Gasteiger partial charge in [0.2, 0.25) is 0 Å². The highest BCUT2D eigenvalue weighted by Crippen LogP contribution is 2.11. The van der Waals surface area contributed by atoms with Crippen molar-refractivity contribution in [1.29, 1.82) is 0 Å². The maximum absolute atomic E-state index is 4.17. The van der Waals surface area contributed by atoms with Crippen LogP contribution >= 0.6 is 0 Å². The molecule has 0 unspecified atom stereocenters. The zero-order valence-electron chi connectivity index (χ0n) is 7.65. The van der Waals surface area contributed by atoms with Crippen molar-refractivity contribution >= 4 is 11.2 Å². The van der Waals surface area contributed by atoms with Crippen LogP contribution in [0.15, 0.2) is 37.4 Å². The molecule has 0 aliphatic heterocycles. The molecule has 0 bridgehead atoms. The Balaban J connectivity index is 2.28. The van der Waals surface area contributed by atoms with Gasteiger partial charge in [0.1, 0.15) is 18.2 Å². The van der Waals surface area contributed by atoms with Crippen molar-refractivity contribution in [2.24, 2.45) is 0 Å². The second-order valence-corrected chi connectivity index (χ2v) is 2.91. The maximum Gasteiger partial charge on any atom is 0.169 e. The third-order valence-electron chi connectivity index (χ3n) is 2.01. The van der Waals surface area contributed by atoms with Crippen LogP contribution in [0.25, 0.3) is 17.0 Å². The average molecular weight is 198 g/mol. The summed E-state index contributed by atoms with van der Waals surface area (Å²) < 4.78 is 1.77. The molecular formula is C9H6N6. The summed E-state index contributed by atoms with van der Waals surface area (Å²) in [6, 6.07) is 0. The van der Waals surface area contributed by atoms with Crippen molar-refractivity contribution in [3.05, 3.63) is 37.4 Å². The molecule has 15 heavy (non-hydrogen) atoms. The Morgan fingerprint density at radius 1 is 0.933 bits per heavy atom. The SMILES string of the molecule is c1cnc(-n2cnc3cncnc32)cn1. The fourth-order valence-electron chi connectivity index (χ4n) is 1.35. The van der Waals surface area contributed by atoms with Crippen molar-refractivity contribution in [3.8, 4) is 5.82 Å². The van der Waals surface area contributed by atoms with Gasteiger partial charge in [0, 0.05) is 12.4 Å². The number of hydrogen-bond acceptors (Lipinski definition) is 5. The minimum atomic E-state index is 0.693. The van der Waals surface area contributed by atoms with Crippen LogP contribution in [-0.2, 0) is 0 Å². The molecule has 3 rings (SSSR count). The highest BCUT2D eigenvalue weighted by atomic mass is 15.2. The number of hydrogen-bond donors (Lipinski definition) is 0. The van der Waals surface area contributed by atoms with Crippen molar-refractivity contribution < 1.29 is 0 Å². The Morgan fingerprint density at radius 2 is 1.93 bits per heavy atom. The number of nitrogens with zero attached hydrogens (tertiary/aromatic N) is 6. The molecule has 0 saturated carbocycles. The number of rotatable bonds is 1. The monoisotopic (exact) mass is 198 g/mol.